The number of carbonyl (C=O) groups is 2. The van der Waals surface area contributed by atoms with E-state index in [9.17, 15) is 14.7 Å². The number of carbonyl (C=O) groups excluding carboxylic acids is 2. The van der Waals surface area contributed by atoms with E-state index in [2.05, 4.69) is 25.7 Å². The minimum Gasteiger partial charge on any atom is -0.388 e. The molecule has 0 amide bonds. The fraction of sp³-hybridized carbons (Fsp3) is 0.926. The lowest BCUT2D eigenvalue weighted by atomic mass is 9.52. The molecule has 4 aliphatic carbocycles. The van der Waals surface area contributed by atoms with Crippen molar-refractivity contribution in [2.75, 3.05) is 13.1 Å². The van der Waals surface area contributed by atoms with E-state index in [0.717, 1.165) is 44.7 Å². The number of Topliss-reactive ketones (excluding diaryl/α,β-unsaturated/α-hetero) is 2. The topological polar surface area (TPSA) is 57.6 Å². The Morgan fingerprint density at radius 3 is 2.52 bits per heavy atom. The molecule has 0 spiro atoms. The second-order valence-corrected chi connectivity index (χ2v) is 13.0. The summed E-state index contributed by atoms with van der Waals surface area (Å²) in [4.78, 5) is 28.0. The molecule has 0 bridgehead atoms. The second kappa shape index (κ2) is 6.88. The molecular weight excluding hydrogens is 386 g/mol. The van der Waals surface area contributed by atoms with Crippen molar-refractivity contribution in [3.8, 4) is 0 Å². The van der Waals surface area contributed by atoms with Gasteiger partial charge in [0.2, 0.25) is 0 Å². The van der Waals surface area contributed by atoms with Crippen LogP contribution in [0.25, 0.3) is 0 Å². The highest BCUT2D eigenvalue weighted by atomic mass is 16.3. The van der Waals surface area contributed by atoms with Crippen molar-refractivity contribution in [2.45, 2.75) is 90.2 Å². The first kappa shape index (κ1) is 20.8. The summed E-state index contributed by atoms with van der Waals surface area (Å²) in [7, 11) is 0. The first-order valence-electron chi connectivity index (χ1n) is 13.2. The van der Waals surface area contributed by atoms with Gasteiger partial charge in [-0.3, -0.25) is 14.5 Å². The summed E-state index contributed by atoms with van der Waals surface area (Å²) in [6.07, 6.45) is 8.75. The molecule has 4 saturated carbocycles. The Hall–Kier alpha value is -0.740. The number of hydrogen-bond donors (Lipinski definition) is 1. The zero-order valence-electron chi connectivity index (χ0n) is 19.7. The molecule has 2 heterocycles. The summed E-state index contributed by atoms with van der Waals surface area (Å²) in [5, 5.41) is 11.8. The highest BCUT2D eigenvalue weighted by Crippen LogP contribution is 2.66. The van der Waals surface area contributed by atoms with E-state index in [4.69, 9.17) is 0 Å². The molecule has 172 valence electrons. The number of nitrogens with zero attached hydrogens (tertiary/aromatic N) is 1. The molecule has 4 nitrogen and oxygen atoms in total. The van der Waals surface area contributed by atoms with Crippen LogP contribution in [-0.4, -0.2) is 46.3 Å². The van der Waals surface area contributed by atoms with Crippen molar-refractivity contribution in [2.24, 2.45) is 52.8 Å². The quantitative estimate of drug-likeness (QED) is 0.632. The van der Waals surface area contributed by atoms with Crippen LogP contribution in [0.1, 0.15) is 78.6 Å². The Balaban J connectivity index is 1.31. The van der Waals surface area contributed by atoms with Crippen molar-refractivity contribution < 1.29 is 14.7 Å². The molecule has 11 atom stereocenters. The summed E-state index contributed by atoms with van der Waals surface area (Å²) in [6.45, 7) is 9.15. The van der Waals surface area contributed by atoms with E-state index in [0.29, 0.717) is 66.0 Å². The Bertz CT molecular complexity index is 791. The van der Waals surface area contributed by atoms with Gasteiger partial charge in [0, 0.05) is 44.3 Å². The van der Waals surface area contributed by atoms with Crippen molar-refractivity contribution in [3.63, 3.8) is 0 Å². The summed E-state index contributed by atoms with van der Waals surface area (Å²) in [5.41, 5.74) is -0.554. The molecule has 2 saturated heterocycles. The molecule has 0 radical (unpaired) electrons. The Labute approximate surface area is 187 Å². The smallest absolute Gasteiger partial charge is 0.137 e. The van der Waals surface area contributed by atoms with Crippen LogP contribution in [0, 0.1) is 52.8 Å². The third kappa shape index (κ3) is 2.86. The average molecular weight is 428 g/mol. The Morgan fingerprint density at radius 1 is 0.903 bits per heavy atom. The predicted molar refractivity (Wildman–Crippen MR) is 119 cm³/mol. The zero-order chi connectivity index (χ0) is 21.7. The monoisotopic (exact) mass is 427 g/mol. The molecular formula is C27H41NO3. The number of hydrogen-bond acceptors (Lipinski definition) is 4. The summed E-state index contributed by atoms with van der Waals surface area (Å²) < 4.78 is 0. The molecule has 2 aliphatic heterocycles. The van der Waals surface area contributed by atoms with Crippen molar-refractivity contribution >= 4 is 11.6 Å². The van der Waals surface area contributed by atoms with E-state index in [1.807, 2.05) is 0 Å². The molecule has 0 aromatic rings. The SMILES string of the molecule is C[C@H]1CC[C@@H]2N(C1)C[C@H]1[C@@H]3C[C@H]4[C@H](CC(=O)[C@H]5CC(=O)CC[C@@]54C)[C@@H]3CC[C@@H]1[C@]2(C)O. The van der Waals surface area contributed by atoms with E-state index >= 15 is 0 Å². The Kier molecular flexibility index (Phi) is 4.63. The molecule has 31 heavy (non-hydrogen) atoms. The van der Waals surface area contributed by atoms with Crippen LogP contribution in [0.5, 0.6) is 0 Å². The lowest BCUT2D eigenvalue weighted by molar-refractivity contribution is -0.175. The highest BCUT2D eigenvalue weighted by molar-refractivity contribution is 5.90. The number of ketones is 2. The third-order valence-corrected chi connectivity index (χ3v) is 11.7. The van der Waals surface area contributed by atoms with Crippen LogP contribution in [0.2, 0.25) is 0 Å². The fourth-order valence-electron chi connectivity index (χ4n) is 10.2. The number of piperidine rings is 2. The minimum absolute atomic E-state index is 0.0206. The summed E-state index contributed by atoms with van der Waals surface area (Å²) in [6, 6.07) is 0.331. The van der Waals surface area contributed by atoms with Gasteiger partial charge in [-0.15, -0.1) is 0 Å². The first-order valence-corrected chi connectivity index (χ1v) is 13.2. The van der Waals surface area contributed by atoms with Gasteiger partial charge in [-0.1, -0.05) is 13.8 Å². The molecule has 6 fully saturated rings. The average Bonchev–Trinajstić information content (AvgIpc) is 3.09. The van der Waals surface area contributed by atoms with Crippen LogP contribution in [0.4, 0.5) is 0 Å². The van der Waals surface area contributed by atoms with E-state index < -0.39 is 5.60 Å². The van der Waals surface area contributed by atoms with Crippen LogP contribution in [-0.2, 0) is 9.59 Å². The number of aliphatic hydroxyl groups is 1. The van der Waals surface area contributed by atoms with Crippen molar-refractivity contribution in [1.29, 1.82) is 0 Å². The maximum atomic E-state index is 13.2. The van der Waals surface area contributed by atoms with E-state index in [1.54, 1.807) is 0 Å². The van der Waals surface area contributed by atoms with Crippen LogP contribution >= 0.6 is 0 Å². The van der Waals surface area contributed by atoms with Crippen LogP contribution < -0.4 is 0 Å². The van der Waals surface area contributed by atoms with Gasteiger partial charge in [0.15, 0.2) is 0 Å². The molecule has 0 aromatic carbocycles. The van der Waals surface area contributed by atoms with Gasteiger partial charge in [0.25, 0.3) is 0 Å². The maximum absolute atomic E-state index is 13.2. The molecule has 6 rings (SSSR count). The fourth-order valence-corrected chi connectivity index (χ4v) is 10.2. The van der Waals surface area contributed by atoms with Crippen molar-refractivity contribution in [3.05, 3.63) is 0 Å². The first-order chi connectivity index (χ1) is 14.7. The van der Waals surface area contributed by atoms with Gasteiger partial charge in [-0.25, -0.2) is 0 Å². The lowest BCUT2D eigenvalue weighted by Crippen LogP contribution is -2.67. The number of rotatable bonds is 0. The highest BCUT2D eigenvalue weighted by Gasteiger charge is 2.64. The predicted octanol–water partition coefficient (Wildman–Crippen LogP) is 4.09. The second-order valence-electron chi connectivity index (χ2n) is 13.0. The summed E-state index contributed by atoms with van der Waals surface area (Å²) >= 11 is 0. The van der Waals surface area contributed by atoms with E-state index in [-0.39, 0.29) is 11.3 Å². The third-order valence-electron chi connectivity index (χ3n) is 11.7. The maximum Gasteiger partial charge on any atom is 0.137 e. The number of fused-ring (bicyclic) bond motifs is 8. The van der Waals surface area contributed by atoms with Gasteiger partial charge < -0.3 is 5.11 Å². The molecule has 0 unspecified atom stereocenters. The van der Waals surface area contributed by atoms with Gasteiger partial charge in [-0.05, 0) is 92.3 Å². The van der Waals surface area contributed by atoms with Crippen LogP contribution in [0.3, 0.4) is 0 Å². The molecule has 6 aliphatic rings. The molecule has 1 N–H and O–H groups in total. The molecule has 0 aromatic heterocycles. The van der Waals surface area contributed by atoms with E-state index in [1.165, 1.54) is 19.3 Å². The van der Waals surface area contributed by atoms with Gasteiger partial charge in [-0.2, -0.15) is 0 Å². The standard InChI is InChI=1S/C27H41NO3/c1-15-4-7-25-27(3,31)21-6-5-17-18(20(21)14-28(25)13-15)11-22-19(17)12-24(30)23-10-16(29)8-9-26(22,23)2/h15,17-23,25,31H,4-14H2,1-3H3/t15-,17+,18+,19+,20-,21-,22-,23+,25-,26+,27-/m0/s1. The largest absolute Gasteiger partial charge is 0.388 e. The van der Waals surface area contributed by atoms with Gasteiger partial charge in [0.1, 0.15) is 11.6 Å². The Morgan fingerprint density at radius 2 is 1.71 bits per heavy atom. The zero-order valence-corrected chi connectivity index (χ0v) is 19.7. The van der Waals surface area contributed by atoms with Crippen molar-refractivity contribution in [1.82, 2.24) is 4.90 Å². The lowest BCUT2D eigenvalue weighted by Gasteiger charge is -2.59. The van der Waals surface area contributed by atoms with Crippen LogP contribution in [0.15, 0.2) is 0 Å². The normalized spacial score (nSPS) is 56.8. The van der Waals surface area contributed by atoms with Gasteiger partial charge in [0.05, 0.1) is 5.60 Å². The minimum atomic E-state index is -0.582. The summed E-state index contributed by atoms with van der Waals surface area (Å²) in [5.74, 6) is 4.81. The van der Waals surface area contributed by atoms with Gasteiger partial charge >= 0.3 is 0 Å². The molecule has 4 heteroatoms.